The van der Waals surface area contributed by atoms with Gasteiger partial charge in [-0.25, -0.2) is 4.79 Å². The molecule has 1 saturated heterocycles. The topological polar surface area (TPSA) is 91.4 Å². The van der Waals surface area contributed by atoms with Crippen LogP contribution in [0.15, 0.2) is 0 Å². The average molecular weight is 387 g/mol. The number of hydroxylamine groups is 2. The van der Waals surface area contributed by atoms with Gasteiger partial charge in [-0.3, -0.25) is 9.59 Å². The molecule has 8 heteroatoms. The summed E-state index contributed by atoms with van der Waals surface area (Å²) in [7, 11) is 0. The van der Waals surface area contributed by atoms with Crippen LogP contribution < -0.4 is 0 Å². The number of ether oxygens (including phenoxy) is 3. The number of imide groups is 1. The number of hydrogen-bond acceptors (Lipinski definition) is 7. The molecule has 156 valence electrons. The Morgan fingerprint density at radius 3 is 2.22 bits per heavy atom. The minimum atomic E-state index is -1.28. The van der Waals surface area contributed by atoms with Gasteiger partial charge in [-0.2, -0.15) is 0 Å². The van der Waals surface area contributed by atoms with Gasteiger partial charge in [-0.15, -0.1) is 5.06 Å². The van der Waals surface area contributed by atoms with Gasteiger partial charge in [0, 0.05) is 26.1 Å². The maximum atomic E-state index is 12.6. The van der Waals surface area contributed by atoms with Gasteiger partial charge in [-0.05, 0) is 26.2 Å². The van der Waals surface area contributed by atoms with Gasteiger partial charge in [0.15, 0.2) is 5.60 Å². The molecule has 0 aliphatic carbocycles. The van der Waals surface area contributed by atoms with Crippen molar-refractivity contribution < 1.29 is 33.4 Å². The Bertz CT molecular complexity index is 480. The Kier molecular flexibility index (Phi) is 10.5. The van der Waals surface area contributed by atoms with Crippen molar-refractivity contribution >= 4 is 17.8 Å². The van der Waals surface area contributed by atoms with Gasteiger partial charge in [0.1, 0.15) is 6.10 Å². The molecule has 0 aromatic heterocycles. The van der Waals surface area contributed by atoms with Gasteiger partial charge < -0.3 is 19.0 Å². The molecular weight excluding hydrogens is 354 g/mol. The second-order valence-corrected chi connectivity index (χ2v) is 6.82. The molecule has 8 nitrogen and oxygen atoms in total. The van der Waals surface area contributed by atoms with Crippen LogP contribution >= 0.6 is 0 Å². The molecule has 1 rings (SSSR count). The Morgan fingerprint density at radius 2 is 1.67 bits per heavy atom. The lowest BCUT2D eigenvalue weighted by Crippen LogP contribution is -2.46. The number of nitrogens with zero attached hydrogens (tertiary/aromatic N) is 1. The number of carbonyl (C=O) groups is 3. The van der Waals surface area contributed by atoms with Crippen molar-refractivity contribution in [1.82, 2.24) is 5.06 Å². The second-order valence-electron chi connectivity index (χ2n) is 6.82. The van der Waals surface area contributed by atoms with E-state index in [0.29, 0.717) is 37.7 Å². The van der Waals surface area contributed by atoms with Gasteiger partial charge >= 0.3 is 5.97 Å². The van der Waals surface area contributed by atoms with Crippen LogP contribution in [0.3, 0.4) is 0 Å². The molecule has 0 aromatic carbocycles. The summed E-state index contributed by atoms with van der Waals surface area (Å²) in [4.78, 5) is 41.1. The second kappa shape index (κ2) is 12.0. The van der Waals surface area contributed by atoms with Gasteiger partial charge in [-0.1, -0.05) is 27.2 Å². The molecule has 2 atom stereocenters. The molecule has 2 amide bonds. The third kappa shape index (κ3) is 7.56. The fraction of sp³-hybridized carbons (Fsp3) is 0.842. The summed E-state index contributed by atoms with van der Waals surface area (Å²) in [6, 6.07) is 0. The predicted molar refractivity (Wildman–Crippen MR) is 97.6 cm³/mol. The van der Waals surface area contributed by atoms with E-state index in [4.69, 9.17) is 19.0 Å². The highest BCUT2D eigenvalue weighted by Gasteiger charge is 2.41. The van der Waals surface area contributed by atoms with Crippen molar-refractivity contribution in [3.63, 3.8) is 0 Å². The lowest BCUT2D eigenvalue weighted by molar-refractivity contribution is -0.216. The van der Waals surface area contributed by atoms with Crippen LogP contribution in [0.4, 0.5) is 0 Å². The summed E-state index contributed by atoms with van der Waals surface area (Å²) in [6.45, 7) is 9.26. The third-order valence-corrected chi connectivity index (χ3v) is 4.14. The molecule has 0 N–H and O–H groups in total. The van der Waals surface area contributed by atoms with Crippen molar-refractivity contribution in [2.75, 3.05) is 26.4 Å². The molecule has 1 aliphatic heterocycles. The molecule has 0 radical (unpaired) electrons. The number of rotatable bonds is 14. The Morgan fingerprint density at radius 1 is 1.04 bits per heavy atom. The lowest BCUT2D eigenvalue weighted by atomic mass is 10.0. The lowest BCUT2D eigenvalue weighted by Gasteiger charge is -2.30. The fourth-order valence-electron chi connectivity index (χ4n) is 2.61. The molecular formula is C19H33NO7. The number of carbonyl (C=O) groups excluding carboxylic acids is 3. The van der Waals surface area contributed by atoms with Crippen LogP contribution in [0, 0.1) is 0 Å². The van der Waals surface area contributed by atoms with Crippen molar-refractivity contribution in [2.45, 2.75) is 77.9 Å². The zero-order chi connectivity index (χ0) is 20.3. The Hall–Kier alpha value is -1.51. The number of hydrogen-bond donors (Lipinski definition) is 0. The maximum absolute atomic E-state index is 12.6. The first-order valence-corrected chi connectivity index (χ1v) is 9.79. The van der Waals surface area contributed by atoms with Crippen molar-refractivity contribution in [3.05, 3.63) is 0 Å². The molecule has 0 bridgehead atoms. The summed E-state index contributed by atoms with van der Waals surface area (Å²) in [5.41, 5.74) is -1.28. The predicted octanol–water partition coefficient (Wildman–Crippen LogP) is 2.39. The van der Waals surface area contributed by atoms with Crippen molar-refractivity contribution in [3.8, 4) is 0 Å². The summed E-state index contributed by atoms with van der Waals surface area (Å²) >= 11 is 0. The van der Waals surface area contributed by atoms with E-state index in [2.05, 4.69) is 0 Å². The molecule has 1 aliphatic rings. The SMILES string of the molecule is CCCOCC(COC(C)(CCC)C(=O)ON1C(=O)CCC1=O)OCCC. The summed E-state index contributed by atoms with van der Waals surface area (Å²) in [5.74, 6) is -1.77. The van der Waals surface area contributed by atoms with Crippen LogP contribution in [-0.2, 0) is 33.4 Å². The van der Waals surface area contributed by atoms with Gasteiger partial charge in [0.05, 0.1) is 13.2 Å². The normalized spacial score (nSPS) is 17.9. The zero-order valence-corrected chi connectivity index (χ0v) is 17.0. The standard InChI is InChI=1S/C19H33NO7/c1-5-10-19(4,18(23)27-20-16(21)8-9-17(20)22)26-14-15(25-12-7-3)13-24-11-6-2/h15H,5-14H2,1-4H3. The largest absolute Gasteiger partial charge is 0.379 e. The Balaban J connectivity index is 2.70. The van der Waals surface area contributed by atoms with Crippen LogP contribution in [0.25, 0.3) is 0 Å². The highest BCUT2D eigenvalue weighted by atomic mass is 16.7. The first-order valence-electron chi connectivity index (χ1n) is 9.79. The fourth-order valence-corrected chi connectivity index (χ4v) is 2.61. The van der Waals surface area contributed by atoms with E-state index in [1.54, 1.807) is 6.92 Å². The third-order valence-electron chi connectivity index (χ3n) is 4.14. The van der Waals surface area contributed by atoms with E-state index in [-0.39, 0.29) is 25.6 Å². The number of amides is 2. The monoisotopic (exact) mass is 387 g/mol. The van der Waals surface area contributed by atoms with Crippen LogP contribution in [0.1, 0.15) is 66.2 Å². The summed E-state index contributed by atoms with van der Waals surface area (Å²) in [6.07, 6.45) is 2.61. The maximum Gasteiger partial charge on any atom is 0.364 e. The molecule has 0 aromatic rings. The first kappa shape index (κ1) is 23.5. The van der Waals surface area contributed by atoms with Gasteiger partial charge in [0.2, 0.25) is 0 Å². The molecule has 27 heavy (non-hydrogen) atoms. The highest BCUT2D eigenvalue weighted by Crippen LogP contribution is 2.23. The van der Waals surface area contributed by atoms with E-state index in [1.165, 1.54) is 0 Å². The minimum Gasteiger partial charge on any atom is -0.379 e. The molecule has 0 spiro atoms. The van der Waals surface area contributed by atoms with E-state index in [1.807, 2.05) is 20.8 Å². The molecule has 2 unspecified atom stereocenters. The van der Waals surface area contributed by atoms with Gasteiger partial charge in [0.25, 0.3) is 11.8 Å². The molecule has 1 fully saturated rings. The van der Waals surface area contributed by atoms with E-state index in [0.717, 1.165) is 12.8 Å². The van der Waals surface area contributed by atoms with E-state index < -0.39 is 23.4 Å². The summed E-state index contributed by atoms with van der Waals surface area (Å²) in [5, 5.41) is 0.551. The summed E-state index contributed by atoms with van der Waals surface area (Å²) < 4.78 is 17.2. The van der Waals surface area contributed by atoms with Crippen molar-refractivity contribution in [2.24, 2.45) is 0 Å². The molecule has 0 saturated carbocycles. The van der Waals surface area contributed by atoms with Crippen LogP contribution in [0.2, 0.25) is 0 Å². The van der Waals surface area contributed by atoms with Crippen molar-refractivity contribution in [1.29, 1.82) is 0 Å². The molecule has 1 heterocycles. The highest BCUT2D eigenvalue weighted by molar-refractivity contribution is 6.01. The first-order chi connectivity index (χ1) is 12.9. The smallest absolute Gasteiger partial charge is 0.364 e. The average Bonchev–Trinajstić information content (AvgIpc) is 2.95. The Labute approximate surface area is 161 Å². The zero-order valence-electron chi connectivity index (χ0n) is 17.0. The minimum absolute atomic E-state index is 0.0547. The van der Waals surface area contributed by atoms with Crippen LogP contribution in [0.5, 0.6) is 0 Å². The quantitative estimate of drug-likeness (QED) is 0.334. The van der Waals surface area contributed by atoms with E-state index in [9.17, 15) is 14.4 Å². The van der Waals surface area contributed by atoms with E-state index >= 15 is 0 Å². The van der Waals surface area contributed by atoms with Crippen LogP contribution in [-0.4, -0.2) is 61.0 Å².